The van der Waals surface area contributed by atoms with Crippen LogP contribution in [0.5, 0.6) is 0 Å². The Balaban J connectivity index is 0.00000182. The van der Waals surface area contributed by atoms with E-state index < -0.39 is 0 Å². The Morgan fingerprint density at radius 1 is 1.00 bits per heavy atom. The van der Waals surface area contributed by atoms with Crippen molar-refractivity contribution in [3.05, 3.63) is 60.4 Å². The van der Waals surface area contributed by atoms with Crippen LogP contribution in [0.2, 0.25) is 0 Å². The van der Waals surface area contributed by atoms with E-state index in [4.69, 9.17) is 10.7 Å². The van der Waals surface area contributed by atoms with Crippen molar-refractivity contribution in [1.82, 2.24) is 14.4 Å². The molecule has 0 spiro atoms. The summed E-state index contributed by atoms with van der Waals surface area (Å²) in [5, 5.41) is 0. The summed E-state index contributed by atoms with van der Waals surface area (Å²) in [6.45, 7) is 6.64. The number of hydrogen-bond acceptors (Lipinski definition) is 3. The van der Waals surface area contributed by atoms with Crippen molar-refractivity contribution in [2.75, 3.05) is 5.73 Å². The van der Waals surface area contributed by atoms with Crippen molar-refractivity contribution in [2.45, 2.75) is 26.2 Å². The van der Waals surface area contributed by atoms with Crippen LogP contribution in [-0.4, -0.2) is 14.4 Å². The lowest BCUT2D eigenvalue weighted by Crippen LogP contribution is -2.10. The summed E-state index contributed by atoms with van der Waals surface area (Å²) in [6, 6.07) is 14.4. The summed E-state index contributed by atoms with van der Waals surface area (Å²) in [5.74, 6) is 0. The highest BCUT2D eigenvalue weighted by Crippen LogP contribution is 2.29. The van der Waals surface area contributed by atoms with E-state index in [9.17, 15) is 0 Å². The van der Waals surface area contributed by atoms with Gasteiger partial charge in [-0.3, -0.25) is 4.40 Å². The lowest BCUT2D eigenvalue weighted by Gasteiger charge is -2.19. The Kier molecular flexibility index (Phi) is 4.17. The molecule has 4 rings (SSSR count). The fraction of sp³-hybridized carbons (Fsp3) is 0.200. The normalized spacial score (nSPS) is 11.6. The summed E-state index contributed by atoms with van der Waals surface area (Å²) in [5.41, 5.74) is 12.7. The molecule has 0 saturated heterocycles. The van der Waals surface area contributed by atoms with E-state index in [1.165, 1.54) is 5.56 Å². The smallest absolute Gasteiger partial charge is 0.163 e. The van der Waals surface area contributed by atoms with Gasteiger partial charge in [-0.25, -0.2) is 9.97 Å². The highest BCUT2D eigenvalue weighted by atomic mass is 35.5. The standard InChI is InChI=1S/C20H20N4.ClH/c1-20(2,3)14-6-4-13(5-7-14)18-19-22-10-11-24(19)17-9-8-15(21)12-16(17)23-18;/h4-12H,21H2,1-3H3;1H. The maximum Gasteiger partial charge on any atom is 0.163 e. The zero-order valence-electron chi connectivity index (χ0n) is 14.5. The molecule has 0 fully saturated rings. The number of nitrogens with two attached hydrogens (primary N) is 1. The molecule has 5 heteroatoms. The van der Waals surface area contributed by atoms with Gasteiger partial charge in [0.2, 0.25) is 0 Å². The molecule has 25 heavy (non-hydrogen) atoms. The molecule has 0 unspecified atom stereocenters. The first kappa shape index (κ1) is 17.2. The Hall–Kier alpha value is -2.59. The van der Waals surface area contributed by atoms with Crippen molar-refractivity contribution < 1.29 is 0 Å². The number of rotatable bonds is 1. The van der Waals surface area contributed by atoms with Gasteiger partial charge in [-0.15, -0.1) is 12.4 Å². The number of aromatic nitrogens is 3. The molecule has 4 aromatic rings. The molecule has 0 atom stereocenters. The van der Waals surface area contributed by atoms with Crippen LogP contribution in [0.3, 0.4) is 0 Å². The Morgan fingerprint density at radius 3 is 2.40 bits per heavy atom. The SMILES string of the molecule is CC(C)(C)c1ccc(-c2nc3cc(N)ccc3n3ccnc23)cc1.Cl. The molecule has 0 radical (unpaired) electrons. The van der Waals surface area contributed by atoms with E-state index in [-0.39, 0.29) is 17.8 Å². The van der Waals surface area contributed by atoms with Gasteiger partial charge in [0, 0.05) is 23.6 Å². The number of benzene rings is 2. The summed E-state index contributed by atoms with van der Waals surface area (Å²) in [7, 11) is 0. The number of nitrogen functional groups attached to an aromatic ring is 1. The highest BCUT2D eigenvalue weighted by Gasteiger charge is 2.15. The average Bonchev–Trinajstić information content (AvgIpc) is 3.03. The van der Waals surface area contributed by atoms with Crippen molar-refractivity contribution in [2.24, 2.45) is 0 Å². The second-order valence-corrected chi connectivity index (χ2v) is 7.16. The third-order valence-electron chi connectivity index (χ3n) is 4.37. The van der Waals surface area contributed by atoms with E-state index >= 15 is 0 Å². The summed E-state index contributed by atoms with van der Waals surface area (Å²) in [4.78, 5) is 9.34. The number of nitrogens with zero attached hydrogens (tertiary/aromatic N) is 3. The molecule has 2 heterocycles. The van der Waals surface area contributed by atoms with Crippen LogP contribution in [0.25, 0.3) is 27.9 Å². The molecule has 0 aliphatic heterocycles. The van der Waals surface area contributed by atoms with Crippen LogP contribution in [-0.2, 0) is 5.41 Å². The zero-order valence-corrected chi connectivity index (χ0v) is 15.3. The van der Waals surface area contributed by atoms with Gasteiger partial charge in [0.1, 0.15) is 5.69 Å². The first-order chi connectivity index (χ1) is 11.4. The Labute approximate surface area is 153 Å². The van der Waals surface area contributed by atoms with Crippen LogP contribution >= 0.6 is 12.4 Å². The summed E-state index contributed by atoms with van der Waals surface area (Å²) in [6.07, 6.45) is 3.77. The topological polar surface area (TPSA) is 56.2 Å². The number of halogens is 1. The maximum atomic E-state index is 5.93. The van der Waals surface area contributed by atoms with Gasteiger partial charge in [0.15, 0.2) is 5.65 Å². The molecule has 0 saturated carbocycles. The largest absolute Gasteiger partial charge is 0.399 e. The molecule has 2 aromatic carbocycles. The molecule has 0 aliphatic rings. The molecular weight excluding hydrogens is 332 g/mol. The second kappa shape index (κ2) is 6.05. The molecule has 128 valence electrons. The van der Waals surface area contributed by atoms with Gasteiger partial charge >= 0.3 is 0 Å². The summed E-state index contributed by atoms with van der Waals surface area (Å²) < 4.78 is 2.06. The molecule has 0 amide bonds. The van der Waals surface area contributed by atoms with Crippen molar-refractivity contribution in [3.63, 3.8) is 0 Å². The monoisotopic (exact) mass is 352 g/mol. The lowest BCUT2D eigenvalue weighted by atomic mass is 9.86. The van der Waals surface area contributed by atoms with Crippen LogP contribution in [0, 0.1) is 0 Å². The molecule has 2 N–H and O–H groups in total. The minimum Gasteiger partial charge on any atom is -0.399 e. The fourth-order valence-corrected chi connectivity index (χ4v) is 3.00. The average molecular weight is 353 g/mol. The summed E-state index contributed by atoms with van der Waals surface area (Å²) >= 11 is 0. The van der Waals surface area contributed by atoms with Gasteiger partial charge in [-0.2, -0.15) is 0 Å². The van der Waals surface area contributed by atoms with Crippen LogP contribution in [0.4, 0.5) is 5.69 Å². The second-order valence-electron chi connectivity index (χ2n) is 7.16. The van der Waals surface area contributed by atoms with Crippen LogP contribution in [0.1, 0.15) is 26.3 Å². The quantitative estimate of drug-likeness (QED) is 0.498. The molecular formula is C20H21ClN4. The number of fused-ring (bicyclic) bond motifs is 3. The number of anilines is 1. The van der Waals surface area contributed by atoms with Gasteiger partial charge in [0.25, 0.3) is 0 Å². The van der Waals surface area contributed by atoms with E-state index in [1.807, 2.05) is 24.4 Å². The third-order valence-corrected chi connectivity index (χ3v) is 4.37. The highest BCUT2D eigenvalue weighted by molar-refractivity contribution is 5.87. The van der Waals surface area contributed by atoms with E-state index in [1.54, 1.807) is 6.20 Å². The third kappa shape index (κ3) is 2.94. The van der Waals surface area contributed by atoms with Gasteiger partial charge in [-0.05, 0) is 29.2 Å². The van der Waals surface area contributed by atoms with Gasteiger partial charge < -0.3 is 5.73 Å². The van der Waals surface area contributed by atoms with Crippen molar-refractivity contribution in [3.8, 4) is 11.3 Å². The minimum atomic E-state index is 0. The number of imidazole rings is 1. The predicted molar refractivity (Wildman–Crippen MR) is 106 cm³/mol. The lowest BCUT2D eigenvalue weighted by molar-refractivity contribution is 0.590. The van der Waals surface area contributed by atoms with E-state index in [0.717, 1.165) is 27.9 Å². The van der Waals surface area contributed by atoms with Crippen molar-refractivity contribution in [1.29, 1.82) is 0 Å². The zero-order chi connectivity index (χ0) is 16.9. The number of hydrogen-bond donors (Lipinski definition) is 1. The first-order valence-corrected chi connectivity index (χ1v) is 8.07. The Bertz CT molecular complexity index is 1040. The van der Waals surface area contributed by atoms with E-state index in [0.29, 0.717) is 5.69 Å². The van der Waals surface area contributed by atoms with Crippen LogP contribution < -0.4 is 5.73 Å². The minimum absolute atomic E-state index is 0. The predicted octanol–water partition coefficient (Wildman–Crippen LogP) is 4.85. The molecule has 2 aromatic heterocycles. The molecule has 4 nitrogen and oxygen atoms in total. The molecule has 0 aliphatic carbocycles. The molecule has 0 bridgehead atoms. The van der Waals surface area contributed by atoms with Crippen molar-refractivity contribution >= 4 is 34.8 Å². The fourth-order valence-electron chi connectivity index (χ4n) is 3.00. The maximum absolute atomic E-state index is 5.93. The van der Waals surface area contributed by atoms with Crippen LogP contribution in [0.15, 0.2) is 54.9 Å². The van der Waals surface area contributed by atoms with Gasteiger partial charge in [-0.1, -0.05) is 45.0 Å². The first-order valence-electron chi connectivity index (χ1n) is 8.07. The van der Waals surface area contributed by atoms with Gasteiger partial charge in [0.05, 0.1) is 11.0 Å². The Morgan fingerprint density at radius 2 is 1.72 bits per heavy atom. The van der Waals surface area contributed by atoms with E-state index in [2.05, 4.69) is 54.4 Å².